The molecule has 5 atom stereocenters. The molecule has 1 aromatic carbocycles. The molecule has 16 heteroatoms. The summed E-state index contributed by atoms with van der Waals surface area (Å²) in [5.74, 6) is 2.01. The number of aliphatic hydroxyl groups is 2. The molecule has 2 aliphatic heterocycles. The second-order valence-electron chi connectivity index (χ2n) is 10.0. The van der Waals surface area contributed by atoms with E-state index < -0.39 is 49.1 Å². The molecule has 2 aromatic heterocycles. The van der Waals surface area contributed by atoms with E-state index in [1.54, 1.807) is 62.4 Å². The van der Waals surface area contributed by atoms with Crippen molar-refractivity contribution < 1.29 is 34.0 Å². The van der Waals surface area contributed by atoms with Crippen LogP contribution in [0.25, 0.3) is 11.2 Å². The number of imidazole rings is 1. The Morgan fingerprint density at radius 1 is 1.19 bits per heavy atom. The fourth-order valence-electron chi connectivity index (χ4n) is 4.82. The predicted octanol–water partition coefficient (Wildman–Crippen LogP) is 0.737. The number of hydrogen-bond donors (Lipinski definition) is 4. The molecule has 2 aliphatic rings. The third-order valence-electron chi connectivity index (χ3n) is 6.97. The van der Waals surface area contributed by atoms with Crippen LogP contribution in [0.2, 0.25) is 0 Å². The quantitative estimate of drug-likeness (QED) is 0.234. The van der Waals surface area contributed by atoms with Gasteiger partial charge in [-0.3, -0.25) is 9.36 Å². The fourth-order valence-corrected chi connectivity index (χ4v) is 7.33. The van der Waals surface area contributed by atoms with Crippen molar-refractivity contribution >= 4 is 50.6 Å². The van der Waals surface area contributed by atoms with Crippen molar-refractivity contribution in [1.29, 1.82) is 0 Å². The number of aliphatic hydroxyl groups excluding tert-OH is 2. The van der Waals surface area contributed by atoms with Crippen LogP contribution >= 0.6 is 21.6 Å². The first-order valence-electron chi connectivity index (χ1n) is 13.2. The first-order chi connectivity index (χ1) is 20.3. The SMILES string of the molecule is COc1ccc(C[C@H](NC(=O)OC2CSSC2)C(=O)N[C@H]2[C@@H](O)[C@H](n3cnc4c(N(C)C)ncnc43)O[C@@H]2CO)cc1. The molecule has 2 saturated heterocycles. The van der Waals surface area contributed by atoms with Crippen molar-refractivity contribution in [2.75, 3.05) is 44.2 Å². The van der Waals surface area contributed by atoms with Crippen molar-refractivity contribution in [3.8, 4) is 5.75 Å². The minimum atomic E-state index is -1.28. The highest BCUT2D eigenvalue weighted by molar-refractivity contribution is 8.77. The van der Waals surface area contributed by atoms with E-state index in [1.165, 1.54) is 12.7 Å². The van der Waals surface area contributed by atoms with Gasteiger partial charge in [-0.05, 0) is 17.7 Å². The number of nitrogens with zero attached hydrogens (tertiary/aromatic N) is 5. The molecular weight excluding hydrogens is 586 g/mol. The Bertz CT molecular complexity index is 1390. The number of nitrogens with one attached hydrogen (secondary N) is 2. The van der Waals surface area contributed by atoms with Crippen LogP contribution < -0.4 is 20.3 Å². The molecule has 2 fully saturated rings. The van der Waals surface area contributed by atoms with Crippen molar-refractivity contribution in [3.63, 3.8) is 0 Å². The van der Waals surface area contributed by atoms with E-state index in [-0.39, 0.29) is 12.5 Å². The van der Waals surface area contributed by atoms with Crippen LogP contribution in [0.5, 0.6) is 5.75 Å². The molecule has 4 heterocycles. The maximum Gasteiger partial charge on any atom is 0.408 e. The normalized spacial score (nSPS) is 23.1. The maximum absolute atomic E-state index is 13.6. The third-order valence-corrected chi connectivity index (χ3v) is 9.47. The minimum Gasteiger partial charge on any atom is -0.497 e. The smallest absolute Gasteiger partial charge is 0.408 e. The van der Waals surface area contributed by atoms with Gasteiger partial charge in [0.15, 0.2) is 23.2 Å². The first kappa shape index (κ1) is 30.2. The summed E-state index contributed by atoms with van der Waals surface area (Å²) in [5.41, 5.74) is 1.70. The van der Waals surface area contributed by atoms with E-state index in [2.05, 4.69) is 25.6 Å². The van der Waals surface area contributed by atoms with Crippen molar-refractivity contribution in [1.82, 2.24) is 30.2 Å². The van der Waals surface area contributed by atoms with Gasteiger partial charge in [-0.25, -0.2) is 19.7 Å². The number of alkyl carbamates (subject to hydrolysis) is 1. The summed E-state index contributed by atoms with van der Waals surface area (Å²) in [6.07, 6.45) is -1.18. The number of anilines is 1. The highest BCUT2D eigenvalue weighted by atomic mass is 33.1. The molecule has 0 unspecified atom stereocenters. The van der Waals surface area contributed by atoms with Crippen LogP contribution in [-0.2, 0) is 20.7 Å². The number of hydrogen-bond acceptors (Lipinski definition) is 13. The monoisotopic (exact) mass is 619 g/mol. The Kier molecular flexibility index (Phi) is 9.57. The molecule has 0 spiro atoms. The molecule has 0 saturated carbocycles. The zero-order valence-electron chi connectivity index (χ0n) is 23.2. The standard InChI is InChI=1S/C26H33N7O7S2/c1-32(2)22-20-23(28-12-27-22)33(13-29-20)25-21(35)19(18(9-34)40-25)31-24(36)17(8-14-4-6-15(38-3)7-5-14)30-26(37)39-16-10-41-42-11-16/h4-7,12-13,16-19,21,25,34-35H,8-11H2,1-3H3,(H,30,37)(H,31,36)/t17-,18+,19+,21+,25+/m0/s1. The van der Waals surface area contributed by atoms with Gasteiger partial charge in [0, 0.05) is 32.0 Å². The molecular formula is C26H33N7O7S2. The second-order valence-corrected chi connectivity index (χ2v) is 12.6. The largest absolute Gasteiger partial charge is 0.497 e. The topological polar surface area (TPSA) is 173 Å². The Morgan fingerprint density at radius 3 is 2.60 bits per heavy atom. The lowest BCUT2D eigenvalue weighted by molar-refractivity contribution is -0.124. The average Bonchev–Trinajstić information content (AvgIpc) is 3.72. The Labute approximate surface area is 249 Å². The van der Waals surface area contributed by atoms with Crippen LogP contribution in [0.3, 0.4) is 0 Å². The number of aromatic nitrogens is 4. The van der Waals surface area contributed by atoms with Gasteiger partial charge in [-0.2, -0.15) is 0 Å². The number of rotatable bonds is 10. The summed E-state index contributed by atoms with van der Waals surface area (Å²) in [6.45, 7) is -0.474. The zero-order valence-corrected chi connectivity index (χ0v) is 24.9. The Morgan fingerprint density at radius 2 is 1.93 bits per heavy atom. The van der Waals surface area contributed by atoms with Crippen molar-refractivity contribution in [2.45, 2.75) is 43.0 Å². The van der Waals surface area contributed by atoms with Gasteiger partial charge in [0.25, 0.3) is 0 Å². The highest BCUT2D eigenvalue weighted by Gasteiger charge is 2.46. The van der Waals surface area contributed by atoms with Gasteiger partial charge < -0.3 is 40.0 Å². The molecule has 0 aliphatic carbocycles. The number of amides is 2. The lowest BCUT2D eigenvalue weighted by atomic mass is 10.0. The van der Waals surface area contributed by atoms with Crippen LogP contribution in [0.1, 0.15) is 11.8 Å². The van der Waals surface area contributed by atoms with Gasteiger partial charge in [0.2, 0.25) is 5.91 Å². The Balaban J connectivity index is 1.34. The highest BCUT2D eigenvalue weighted by Crippen LogP contribution is 2.33. The van der Waals surface area contributed by atoms with Gasteiger partial charge in [0.1, 0.15) is 36.4 Å². The fraction of sp³-hybridized carbons (Fsp3) is 0.500. The molecule has 42 heavy (non-hydrogen) atoms. The minimum absolute atomic E-state index is 0.145. The summed E-state index contributed by atoms with van der Waals surface area (Å²) >= 11 is 0. The van der Waals surface area contributed by atoms with Crippen LogP contribution in [-0.4, -0.2) is 111 Å². The number of methoxy groups -OCH3 is 1. The maximum atomic E-state index is 13.6. The lowest BCUT2D eigenvalue weighted by Gasteiger charge is -2.25. The number of ether oxygens (including phenoxy) is 3. The molecule has 14 nitrogen and oxygen atoms in total. The first-order valence-corrected chi connectivity index (χ1v) is 15.7. The number of carbonyl (C=O) groups excluding carboxylic acids is 2. The van der Waals surface area contributed by atoms with Gasteiger partial charge in [0.05, 0.1) is 26.1 Å². The molecule has 226 valence electrons. The van der Waals surface area contributed by atoms with E-state index in [0.717, 1.165) is 5.56 Å². The number of fused-ring (bicyclic) bond motifs is 1. The van der Waals surface area contributed by atoms with Gasteiger partial charge in [-0.15, -0.1) is 0 Å². The zero-order chi connectivity index (χ0) is 29.8. The molecule has 2 amide bonds. The summed E-state index contributed by atoms with van der Waals surface area (Å²) in [6, 6.07) is 5.07. The van der Waals surface area contributed by atoms with E-state index in [0.29, 0.717) is 34.2 Å². The van der Waals surface area contributed by atoms with E-state index in [4.69, 9.17) is 14.2 Å². The van der Waals surface area contributed by atoms with Gasteiger partial charge in [-0.1, -0.05) is 33.7 Å². The van der Waals surface area contributed by atoms with Crippen LogP contribution in [0.15, 0.2) is 36.9 Å². The number of carbonyl (C=O) groups is 2. The van der Waals surface area contributed by atoms with E-state index in [1.807, 2.05) is 14.1 Å². The van der Waals surface area contributed by atoms with Crippen LogP contribution in [0.4, 0.5) is 10.6 Å². The Hall–Kier alpha value is -3.31. The lowest BCUT2D eigenvalue weighted by Crippen LogP contribution is -2.55. The summed E-state index contributed by atoms with van der Waals surface area (Å²) in [5, 5.41) is 26.9. The van der Waals surface area contributed by atoms with Crippen molar-refractivity contribution in [2.24, 2.45) is 0 Å². The summed E-state index contributed by atoms with van der Waals surface area (Å²) in [4.78, 5) is 41.1. The number of benzene rings is 1. The predicted molar refractivity (Wildman–Crippen MR) is 157 cm³/mol. The third kappa shape index (κ3) is 6.52. The van der Waals surface area contributed by atoms with E-state index >= 15 is 0 Å². The molecule has 3 aromatic rings. The van der Waals surface area contributed by atoms with Crippen molar-refractivity contribution in [3.05, 3.63) is 42.5 Å². The van der Waals surface area contributed by atoms with Crippen LogP contribution in [0, 0.1) is 0 Å². The molecule has 4 N–H and O–H groups in total. The molecule has 0 bridgehead atoms. The van der Waals surface area contributed by atoms with E-state index in [9.17, 15) is 19.8 Å². The summed E-state index contributed by atoms with van der Waals surface area (Å²) in [7, 11) is 8.45. The molecule has 5 rings (SSSR count). The van der Waals surface area contributed by atoms with Gasteiger partial charge >= 0.3 is 6.09 Å². The molecule has 0 radical (unpaired) electrons. The average molecular weight is 620 g/mol. The summed E-state index contributed by atoms with van der Waals surface area (Å²) < 4.78 is 18.3. The second kappa shape index (κ2) is 13.3.